The highest BCUT2D eigenvalue weighted by Crippen LogP contribution is 2.33. The van der Waals surface area contributed by atoms with Crippen molar-refractivity contribution in [2.75, 3.05) is 0 Å². The maximum Gasteiger partial charge on any atom is 0.335 e. The predicted molar refractivity (Wildman–Crippen MR) is 128 cm³/mol. The van der Waals surface area contributed by atoms with E-state index >= 15 is 0 Å². The van der Waals surface area contributed by atoms with E-state index in [0.717, 1.165) is 22.3 Å². The van der Waals surface area contributed by atoms with E-state index in [1.54, 1.807) is 41.4 Å². The third-order valence-electron chi connectivity index (χ3n) is 5.87. The van der Waals surface area contributed by atoms with Crippen LogP contribution >= 0.6 is 0 Å². The van der Waals surface area contributed by atoms with E-state index in [4.69, 9.17) is 15.8 Å². The number of aliphatic imine (C=N–C) groups is 1. The van der Waals surface area contributed by atoms with Gasteiger partial charge in [-0.15, -0.1) is 0 Å². The summed E-state index contributed by atoms with van der Waals surface area (Å²) in [5.41, 5.74) is 10.6. The topological polar surface area (TPSA) is 104 Å². The Hall–Kier alpha value is -4.07. The summed E-state index contributed by atoms with van der Waals surface area (Å²) in [6, 6.07) is 19.7. The van der Waals surface area contributed by atoms with Gasteiger partial charge in [-0.2, -0.15) is 5.11 Å². The summed E-state index contributed by atoms with van der Waals surface area (Å²) in [4.78, 5) is 15.8. The van der Waals surface area contributed by atoms with Gasteiger partial charge in [-0.25, -0.2) is 9.18 Å². The van der Waals surface area contributed by atoms with Gasteiger partial charge in [0.1, 0.15) is 23.7 Å². The smallest absolute Gasteiger partial charge is 0.335 e. The lowest BCUT2D eigenvalue weighted by molar-refractivity contribution is 0.0697. The Kier molecular flexibility index (Phi) is 6.67. The molecule has 174 valence electrons. The summed E-state index contributed by atoms with van der Waals surface area (Å²) in [5, 5.41) is 19.8. The highest BCUT2D eigenvalue weighted by molar-refractivity contribution is 5.88. The number of carboxylic acids is 1. The van der Waals surface area contributed by atoms with Crippen LogP contribution in [0.25, 0.3) is 0 Å². The van der Waals surface area contributed by atoms with Gasteiger partial charge in [0, 0.05) is 0 Å². The van der Waals surface area contributed by atoms with Crippen molar-refractivity contribution in [1.82, 2.24) is 5.01 Å². The highest BCUT2D eigenvalue weighted by atomic mass is 19.1. The number of hydrogen-bond acceptors (Lipinski definition) is 5. The molecule has 0 radical (unpaired) electrons. The molecule has 0 aliphatic carbocycles. The Morgan fingerprint density at radius 3 is 2.35 bits per heavy atom. The maximum absolute atomic E-state index is 13.5. The van der Waals surface area contributed by atoms with Crippen molar-refractivity contribution in [3.8, 4) is 0 Å². The first-order chi connectivity index (χ1) is 16.3. The standard InChI is InChI=1S/C26H26FN5O2/c1-16-3-5-18(6-4-16)15-32-24(23(30-31-32)20-11-13-22(27)14-12-20)25(28)29-17(2)19-7-9-21(10-8-19)26(33)34/h3-14,17,23-24H,15H2,1-2H3,(H2,28,29)(H,33,34)/t17-,23?,24?/m0/s1. The maximum atomic E-state index is 13.5. The number of amidine groups is 1. The minimum Gasteiger partial charge on any atom is -0.478 e. The van der Waals surface area contributed by atoms with Crippen LogP contribution in [-0.4, -0.2) is 28.0 Å². The van der Waals surface area contributed by atoms with E-state index in [-0.39, 0.29) is 17.4 Å². The first-order valence-electron chi connectivity index (χ1n) is 11.0. The number of rotatable bonds is 7. The zero-order valence-corrected chi connectivity index (χ0v) is 19.0. The summed E-state index contributed by atoms with van der Waals surface area (Å²) < 4.78 is 13.5. The molecule has 3 atom stereocenters. The van der Waals surface area contributed by atoms with E-state index in [0.29, 0.717) is 12.4 Å². The predicted octanol–water partition coefficient (Wildman–Crippen LogP) is 5.24. The van der Waals surface area contributed by atoms with Gasteiger partial charge in [0.2, 0.25) is 0 Å². The van der Waals surface area contributed by atoms with Crippen LogP contribution in [0.15, 0.2) is 88.1 Å². The van der Waals surface area contributed by atoms with Gasteiger partial charge in [-0.3, -0.25) is 10.0 Å². The van der Waals surface area contributed by atoms with E-state index in [9.17, 15) is 9.18 Å². The van der Waals surface area contributed by atoms with Crippen molar-refractivity contribution >= 4 is 11.8 Å². The van der Waals surface area contributed by atoms with E-state index in [2.05, 4.69) is 10.3 Å². The molecular formula is C26H26FN5O2. The van der Waals surface area contributed by atoms with Crippen LogP contribution in [0.3, 0.4) is 0 Å². The molecule has 8 heteroatoms. The summed E-state index contributed by atoms with van der Waals surface area (Å²) in [6.45, 7) is 4.41. The van der Waals surface area contributed by atoms with E-state index in [1.165, 1.54) is 12.1 Å². The molecule has 3 N–H and O–H groups in total. The normalized spacial score (nSPS) is 18.8. The average molecular weight is 460 g/mol. The van der Waals surface area contributed by atoms with Crippen LogP contribution in [-0.2, 0) is 6.54 Å². The van der Waals surface area contributed by atoms with Crippen LogP contribution < -0.4 is 5.73 Å². The molecule has 4 rings (SSSR count). The monoisotopic (exact) mass is 459 g/mol. The van der Waals surface area contributed by atoms with Gasteiger partial charge >= 0.3 is 5.97 Å². The Morgan fingerprint density at radius 1 is 1.09 bits per heavy atom. The van der Waals surface area contributed by atoms with Crippen LogP contribution in [0.2, 0.25) is 0 Å². The molecule has 0 spiro atoms. The second kappa shape index (κ2) is 9.82. The zero-order valence-electron chi connectivity index (χ0n) is 19.0. The number of halogens is 1. The molecular weight excluding hydrogens is 433 g/mol. The fraction of sp³-hybridized carbons (Fsp3) is 0.231. The number of aromatic carboxylic acids is 1. The number of nitrogens with zero attached hydrogens (tertiary/aromatic N) is 4. The molecule has 3 aromatic rings. The lowest BCUT2D eigenvalue weighted by atomic mass is 9.98. The Balaban J connectivity index is 1.63. The summed E-state index contributed by atoms with van der Waals surface area (Å²) in [5.74, 6) is -0.960. The number of benzene rings is 3. The van der Waals surface area contributed by atoms with E-state index in [1.807, 2.05) is 38.1 Å². The minimum atomic E-state index is -0.981. The number of carbonyl (C=O) groups is 1. The molecule has 0 saturated carbocycles. The molecule has 0 saturated heterocycles. The second-order valence-electron chi connectivity index (χ2n) is 8.39. The highest BCUT2D eigenvalue weighted by Gasteiger charge is 2.37. The Bertz CT molecular complexity index is 1210. The minimum absolute atomic E-state index is 0.210. The number of hydrogen-bond donors (Lipinski definition) is 2. The Morgan fingerprint density at radius 2 is 1.74 bits per heavy atom. The number of carboxylic acid groups (broad SMARTS) is 1. The molecule has 1 aliphatic heterocycles. The van der Waals surface area contributed by atoms with Crippen LogP contribution in [0, 0.1) is 12.7 Å². The van der Waals surface area contributed by atoms with Crippen molar-refractivity contribution in [2.45, 2.75) is 38.5 Å². The fourth-order valence-electron chi connectivity index (χ4n) is 3.92. The second-order valence-corrected chi connectivity index (χ2v) is 8.39. The molecule has 7 nitrogen and oxygen atoms in total. The van der Waals surface area contributed by atoms with Gasteiger partial charge in [0.15, 0.2) is 0 Å². The lowest BCUT2D eigenvalue weighted by Gasteiger charge is -2.26. The molecule has 0 aromatic heterocycles. The molecule has 2 unspecified atom stereocenters. The largest absolute Gasteiger partial charge is 0.478 e. The van der Waals surface area contributed by atoms with Gasteiger partial charge < -0.3 is 10.8 Å². The van der Waals surface area contributed by atoms with Crippen molar-refractivity contribution in [1.29, 1.82) is 0 Å². The van der Waals surface area contributed by atoms with Crippen LogP contribution in [0.1, 0.15) is 51.6 Å². The van der Waals surface area contributed by atoms with Gasteiger partial charge in [0.05, 0.1) is 18.2 Å². The number of nitrogens with two attached hydrogens (primary N) is 1. The van der Waals surface area contributed by atoms with Crippen molar-refractivity contribution in [2.24, 2.45) is 21.1 Å². The fourth-order valence-corrected chi connectivity index (χ4v) is 3.92. The van der Waals surface area contributed by atoms with Crippen LogP contribution in [0.5, 0.6) is 0 Å². The third-order valence-corrected chi connectivity index (χ3v) is 5.87. The molecule has 3 aromatic carbocycles. The van der Waals surface area contributed by atoms with Gasteiger partial charge in [-0.1, -0.05) is 59.3 Å². The van der Waals surface area contributed by atoms with Gasteiger partial charge in [0.25, 0.3) is 0 Å². The lowest BCUT2D eigenvalue weighted by Crippen LogP contribution is -2.42. The van der Waals surface area contributed by atoms with E-state index < -0.39 is 18.1 Å². The average Bonchev–Trinajstić information content (AvgIpc) is 3.24. The number of aryl methyl sites for hydroxylation is 1. The summed E-state index contributed by atoms with van der Waals surface area (Å²) in [7, 11) is 0. The molecule has 1 aliphatic rings. The van der Waals surface area contributed by atoms with Crippen molar-refractivity contribution in [3.05, 3.63) is 106 Å². The Labute approximate surface area is 197 Å². The van der Waals surface area contributed by atoms with Crippen molar-refractivity contribution in [3.63, 3.8) is 0 Å². The first-order valence-corrected chi connectivity index (χ1v) is 11.0. The quantitative estimate of drug-likeness (QED) is 0.372. The van der Waals surface area contributed by atoms with Gasteiger partial charge in [-0.05, 0) is 54.8 Å². The third kappa shape index (κ3) is 5.11. The molecule has 0 fully saturated rings. The van der Waals surface area contributed by atoms with Crippen molar-refractivity contribution < 1.29 is 14.3 Å². The molecule has 34 heavy (non-hydrogen) atoms. The zero-order chi connectivity index (χ0) is 24.2. The molecule has 0 bridgehead atoms. The molecule has 0 amide bonds. The summed E-state index contributed by atoms with van der Waals surface area (Å²) in [6.07, 6.45) is 0. The molecule has 1 heterocycles. The first kappa shape index (κ1) is 23.1. The SMILES string of the molecule is Cc1ccc(CN2N=NC(c3ccc(F)cc3)C2C(N)=N[C@@H](C)c2ccc(C(=O)O)cc2)cc1. The summed E-state index contributed by atoms with van der Waals surface area (Å²) >= 11 is 0. The van der Waals surface area contributed by atoms with Crippen LogP contribution in [0.4, 0.5) is 4.39 Å².